The summed E-state index contributed by atoms with van der Waals surface area (Å²) < 4.78 is 13.2. The third kappa shape index (κ3) is 5.17. The van der Waals surface area contributed by atoms with E-state index in [1.54, 1.807) is 12.1 Å². The number of aryl methyl sites for hydroxylation is 1. The summed E-state index contributed by atoms with van der Waals surface area (Å²) in [6, 6.07) is 13.8. The van der Waals surface area contributed by atoms with Crippen LogP contribution >= 0.6 is 0 Å². The number of nitrogens with zero attached hydrogens (tertiary/aromatic N) is 1. The first kappa shape index (κ1) is 18.1. The lowest BCUT2D eigenvalue weighted by Crippen LogP contribution is -2.31. The average molecular weight is 328 g/mol. The van der Waals surface area contributed by atoms with Crippen molar-refractivity contribution in [1.82, 2.24) is 10.2 Å². The van der Waals surface area contributed by atoms with E-state index in [-0.39, 0.29) is 17.8 Å². The van der Waals surface area contributed by atoms with Crippen LogP contribution in [0.15, 0.2) is 48.5 Å². The second-order valence-corrected chi connectivity index (χ2v) is 6.22. The highest BCUT2D eigenvalue weighted by Crippen LogP contribution is 2.19. The van der Waals surface area contributed by atoms with Gasteiger partial charge in [-0.05, 0) is 68.9 Å². The van der Waals surface area contributed by atoms with Gasteiger partial charge in [-0.3, -0.25) is 4.79 Å². The fourth-order valence-electron chi connectivity index (χ4n) is 2.54. The molecular weight excluding hydrogens is 303 g/mol. The first-order chi connectivity index (χ1) is 11.5. The molecule has 1 unspecified atom stereocenters. The van der Waals surface area contributed by atoms with Crippen molar-refractivity contribution >= 4 is 5.91 Å². The van der Waals surface area contributed by atoms with Crippen LogP contribution in [0.3, 0.4) is 0 Å². The third-order valence-corrected chi connectivity index (χ3v) is 4.07. The molecule has 0 spiro atoms. The molecule has 3 nitrogen and oxygen atoms in total. The molecule has 1 N–H and O–H groups in total. The van der Waals surface area contributed by atoms with Crippen molar-refractivity contribution in [2.75, 3.05) is 20.6 Å². The molecule has 1 atom stereocenters. The quantitative estimate of drug-likeness (QED) is 0.838. The Morgan fingerprint density at radius 3 is 2.25 bits per heavy atom. The standard InChI is InChI=1S/C20H25FN2O/c1-4-15-5-7-17(8-6-15)20(24)22-19(13-14-23(2)3)16-9-11-18(21)12-10-16/h5-12,19H,4,13-14H2,1-3H3,(H,22,24). The molecule has 0 bridgehead atoms. The molecule has 0 fully saturated rings. The minimum Gasteiger partial charge on any atom is -0.345 e. The molecule has 24 heavy (non-hydrogen) atoms. The fourth-order valence-corrected chi connectivity index (χ4v) is 2.54. The summed E-state index contributed by atoms with van der Waals surface area (Å²) in [5.41, 5.74) is 2.76. The number of rotatable bonds is 7. The largest absolute Gasteiger partial charge is 0.345 e. The number of nitrogens with one attached hydrogen (secondary N) is 1. The van der Waals surface area contributed by atoms with Crippen LogP contribution in [0.25, 0.3) is 0 Å². The van der Waals surface area contributed by atoms with E-state index in [0.29, 0.717) is 5.56 Å². The van der Waals surface area contributed by atoms with Crippen molar-refractivity contribution in [3.63, 3.8) is 0 Å². The molecule has 0 aliphatic rings. The zero-order chi connectivity index (χ0) is 17.5. The van der Waals surface area contributed by atoms with E-state index < -0.39 is 0 Å². The molecule has 2 rings (SSSR count). The summed E-state index contributed by atoms with van der Waals surface area (Å²) in [7, 11) is 3.99. The van der Waals surface area contributed by atoms with Crippen molar-refractivity contribution in [3.05, 3.63) is 71.0 Å². The minimum absolute atomic E-state index is 0.106. The number of hydrogen-bond donors (Lipinski definition) is 1. The van der Waals surface area contributed by atoms with Crippen molar-refractivity contribution in [2.24, 2.45) is 0 Å². The van der Waals surface area contributed by atoms with Crippen LogP contribution < -0.4 is 5.32 Å². The van der Waals surface area contributed by atoms with Gasteiger partial charge in [0, 0.05) is 5.56 Å². The minimum atomic E-state index is -0.272. The highest BCUT2D eigenvalue weighted by Gasteiger charge is 2.16. The van der Waals surface area contributed by atoms with Gasteiger partial charge < -0.3 is 10.2 Å². The molecule has 0 radical (unpaired) electrons. The van der Waals surface area contributed by atoms with Gasteiger partial charge in [0.1, 0.15) is 5.82 Å². The Kier molecular flexibility index (Phi) is 6.50. The molecule has 4 heteroatoms. The van der Waals surface area contributed by atoms with Crippen LogP contribution in [-0.2, 0) is 6.42 Å². The lowest BCUT2D eigenvalue weighted by Gasteiger charge is -2.21. The average Bonchev–Trinajstić information content (AvgIpc) is 2.59. The molecule has 0 heterocycles. The summed E-state index contributed by atoms with van der Waals surface area (Å²) in [5.74, 6) is -0.377. The molecule has 2 aromatic carbocycles. The Labute approximate surface area is 143 Å². The van der Waals surface area contributed by atoms with Crippen LogP contribution in [0.2, 0.25) is 0 Å². The molecule has 0 aliphatic heterocycles. The number of carbonyl (C=O) groups excluding carboxylic acids is 1. The first-order valence-corrected chi connectivity index (χ1v) is 8.29. The monoisotopic (exact) mass is 328 g/mol. The molecule has 1 amide bonds. The van der Waals surface area contributed by atoms with Gasteiger partial charge in [0.05, 0.1) is 6.04 Å². The lowest BCUT2D eigenvalue weighted by molar-refractivity contribution is 0.0932. The van der Waals surface area contributed by atoms with Gasteiger partial charge in [0.2, 0.25) is 0 Å². The smallest absolute Gasteiger partial charge is 0.251 e. The van der Waals surface area contributed by atoms with Crippen LogP contribution in [0.4, 0.5) is 4.39 Å². The number of benzene rings is 2. The van der Waals surface area contributed by atoms with Crippen LogP contribution in [0.1, 0.15) is 40.9 Å². The van der Waals surface area contributed by atoms with Gasteiger partial charge in [0.15, 0.2) is 0 Å². The molecule has 2 aromatic rings. The zero-order valence-electron chi connectivity index (χ0n) is 14.6. The van der Waals surface area contributed by atoms with Gasteiger partial charge in [-0.1, -0.05) is 31.2 Å². The Bertz CT molecular complexity index is 650. The SMILES string of the molecule is CCc1ccc(C(=O)NC(CCN(C)C)c2ccc(F)cc2)cc1. The van der Waals surface area contributed by atoms with Gasteiger partial charge >= 0.3 is 0 Å². The van der Waals surface area contributed by atoms with Crippen LogP contribution in [-0.4, -0.2) is 31.4 Å². The van der Waals surface area contributed by atoms with E-state index in [1.807, 2.05) is 38.4 Å². The van der Waals surface area contributed by atoms with E-state index in [4.69, 9.17) is 0 Å². The van der Waals surface area contributed by atoms with E-state index in [2.05, 4.69) is 17.1 Å². The number of amides is 1. The van der Waals surface area contributed by atoms with Gasteiger partial charge in [-0.2, -0.15) is 0 Å². The summed E-state index contributed by atoms with van der Waals surface area (Å²) in [6.07, 6.45) is 1.71. The second-order valence-electron chi connectivity index (χ2n) is 6.22. The lowest BCUT2D eigenvalue weighted by atomic mass is 10.0. The maximum atomic E-state index is 13.2. The highest BCUT2D eigenvalue weighted by atomic mass is 19.1. The van der Waals surface area contributed by atoms with Gasteiger partial charge in [0.25, 0.3) is 5.91 Å². The normalized spacial score (nSPS) is 12.2. The predicted octanol–water partition coefficient (Wildman–Crippen LogP) is 3.81. The molecule has 0 aromatic heterocycles. The van der Waals surface area contributed by atoms with Gasteiger partial charge in [-0.15, -0.1) is 0 Å². The second kappa shape index (κ2) is 8.60. The van der Waals surface area contributed by atoms with E-state index in [9.17, 15) is 9.18 Å². The van der Waals surface area contributed by atoms with E-state index >= 15 is 0 Å². The molecule has 128 valence electrons. The summed E-state index contributed by atoms with van der Waals surface area (Å²) >= 11 is 0. The van der Waals surface area contributed by atoms with E-state index in [1.165, 1.54) is 17.7 Å². The number of halogens is 1. The molecule has 0 saturated heterocycles. The molecular formula is C20H25FN2O. The fraction of sp³-hybridized carbons (Fsp3) is 0.350. The maximum Gasteiger partial charge on any atom is 0.251 e. The highest BCUT2D eigenvalue weighted by molar-refractivity contribution is 5.94. The number of hydrogen-bond acceptors (Lipinski definition) is 2. The van der Waals surface area contributed by atoms with Crippen molar-refractivity contribution in [3.8, 4) is 0 Å². The van der Waals surface area contributed by atoms with Crippen molar-refractivity contribution in [2.45, 2.75) is 25.8 Å². The predicted molar refractivity (Wildman–Crippen MR) is 95.6 cm³/mol. The number of carbonyl (C=O) groups is 1. The summed E-state index contributed by atoms with van der Waals surface area (Å²) in [6.45, 7) is 2.91. The van der Waals surface area contributed by atoms with Crippen molar-refractivity contribution < 1.29 is 9.18 Å². The van der Waals surface area contributed by atoms with Crippen LogP contribution in [0, 0.1) is 5.82 Å². The van der Waals surface area contributed by atoms with E-state index in [0.717, 1.165) is 24.9 Å². The zero-order valence-corrected chi connectivity index (χ0v) is 14.6. The maximum absolute atomic E-state index is 13.2. The summed E-state index contributed by atoms with van der Waals surface area (Å²) in [4.78, 5) is 14.6. The van der Waals surface area contributed by atoms with Crippen LogP contribution in [0.5, 0.6) is 0 Å². The Morgan fingerprint density at radius 2 is 1.71 bits per heavy atom. The Balaban J connectivity index is 2.13. The first-order valence-electron chi connectivity index (χ1n) is 8.29. The topological polar surface area (TPSA) is 32.3 Å². The molecule has 0 aliphatic carbocycles. The molecule has 0 saturated carbocycles. The Morgan fingerprint density at radius 1 is 1.08 bits per heavy atom. The summed E-state index contributed by atoms with van der Waals surface area (Å²) in [5, 5.41) is 3.07. The van der Waals surface area contributed by atoms with Crippen molar-refractivity contribution in [1.29, 1.82) is 0 Å². The third-order valence-electron chi connectivity index (χ3n) is 4.07. The van der Waals surface area contributed by atoms with Gasteiger partial charge in [-0.25, -0.2) is 4.39 Å². The Hall–Kier alpha value is -2.20.